The smallest absolute Gasteiger partial charge is 0.161 e. The lowest BCUT2D eigenvalue weighted by Crippen LogP contribution is -1.95. The molecule has 0 aliphatic rings. The van der Waals surface area contributed by atoms with Gasteiger partial charge in [-0.2, -0.15) is 0 Å². The molecule has 0 spiro atoms. The maximum Gasteiger partial charge on any atom is 0.161 e. The molecule has 358 valence electrons. The van der Waals surface area contributed by atoms with Gasteiger partial charge in [0, 0.05) is 60.2 Å². The Morgan fingerprint density at radius 2 is 0.766 bits per heavy atom. The first kappa shape index (κ1) is 43.1. The van der Waals surface area contributed by atoms with E-state index >= 15 is 0 Å². The van der Waals surface area contributed by atoms with E-state index in [1.807, 2.05) is 18.2 Å². The molecule has 5 heteroatoms. The van der Waals surface area contributed by atoms with E-state index in [9.17, 15) is 0 Å². The first-order valence-electron chi connectivity index (χ1n) is 26.2. The quantitative estimate of drug-likeness (QED) is 0.160. The first-order valence-corrected chi connectivity index (χ1v) is 26.2. The van der Waals surface area contributed by atoms with Crippen LogP contribution in [0.1, 0.15) is 0 Å². The maximum atomic E-state index is 6.64. The third-order valence-corrected chi connectivity index (χ3v) is 15.7. The van der Waals surface area contributed by atoms with E-state index in [1.165, 1.54) is 65.6 Å². The van der Waals surface area contributed by atoms with Crippen molar-refractivity contribution in [3.05, 3.63) is 267 Å². The van der Waals surface area contributed by atoms with Crippen LogP contribution in [-0.4, -0.2) is 19.1 Å². The predicted molar refractivity (Wildman–Crippen MR) is 320 cm³/mol. The zero-order chi connectivity index (χ0) is 50.6. The van der Waals surface area contributed by atoms with E-state index in [4.69, 9.17) is 14.4 Å². The summed E-state index contributed by atoms with van der Waals surface area (Å²) in [6, 6.07) is 95.8. The number of benzene rings is 12. The molecule has 0 unspecified atom stereocenters. The summed E-state index contributed by atoms with van der Waals surface area (Å²) in [6.07, 6.45) is 0. The largest absolute Gasteiger partial charge is 0.456 e. The SMILES string of the molecule is c1ccc(-n2c3ccccc3c3cc(-c4ccc5c(c4)c4cc(-c6ccc7oc8cccc(-c9nc(-c%10ccc(-c%11cccc%12ccccc%11%12)cc%10)c%10ccccc%10n9)c8c7c6)ccc4n5-c4ccccc4)ccc32)cc1. The second kappa shape index (κ2) is 17.1. The van der Waals surface area contributed by atoms with Crippen molar-refractivity contribution in [3.8, 4) is 67.4 Å². The fraction of sp³-hybridized carbons (Fsp3) is 0. The first-order chi connectivity index (χ1) is 38.2. The van der Waals surface area contributed by atoms with Gasteiger partial charge in [-0.05, 0) is 135 Å². The van der Waals surface area contributed by atoms with Crippen LogP contribution in [0, 0.1) is 0 Å². The van der Waals surface area contributed by atoms with Gasteiger partial charge in [-0.15, -0.1) is 0 Å². The molecule has 4 heterocycles. The van der Waals surface area contributed by atoms with Crippen LogP contribution in [0.4, 0.5) is 0 Å². The molecule has 0 saturated carbocycles. The number of furan rings is 1. The van der Waals surface area contributed by atoms with E-state index in [0.29, 0.717) is 5.82 Å². The van der Waals surface area contributed by atoms with Crippen LogP contribution in [0.5, 0.6) is 0 Å². The van der Waals surface area contributed by atoms with Crippen molar-refractivity contribution < 1.29 is 4.42 Å². The summed E-state index contributed by atoms with van der Waals surface area (Å²) in [7, 11) is 0. The van der Waals surface area contributed by atoms with E-state index < -0.39 is 0 Å². The summed E-state index contributed by atoms with van der Waals surface area (Å²) in [4.78, 5) is 10.7. The molecule has 16 rings (SSSR count). The van der Waals surface area contributed by atoms with Gasteiger partial charge in [0.25, 0.3) is 0 Å². The summed E-state index contributed by atoms with van der Waals surface area (Å²) in [5.41, 5.74) is 19.3. The van der Waals surface area contributed by atoms with E-state index in [2.05, 4.69) is 258 Å². The van der Waals surface area contributed by atoms with Crippen molar-refractivity contribution >= 4 is 87.2 Å². The molecule has 0 radical (unpaired) electrons. The van der Waals surface area contributed by atoms with E-state index in [-0.39, 0.29) is 0 Å². The maximum absolute atomic E-state index is 6.64. The topological polar surface area (TPSA) is 48.8 Å². The van der Waals surface area contributed by atoms with Crippen LogP contribution in [-0.2, 0) is 0 Å². The number of nitrogens with zero attached hydrogens (tertiary/aromatic N) is 4. The van der Waals surface area contributed by atoms with Crippen LogP contribution in [0.15, 0.2) is 271 Å². The Morgan fingerprint density at radius 1 is 0.286 bits per heavy atom. The van der Waals surface area contributed by atoms with Crippen molar-refractivity contribution in [1.82, 2.24) is 19.1 Å². The number of fused-ring (bicyclic) bond motifs is 11. The molecule has 0 amide bonds. The van der Waals surface area contributed by atoms with Gasteiger partial charge in [-0.3, -0.25) is 0 Å². The fourth-order valence-corrected chi connectivity index (χ4v) is 12.1. The van der Waals surface area contributed by atoms with Crippen LogP contribution < -0.4 is 0 Å². The minimum Gasteiger partial charge on any atom is -0.456 e. The minimum absolute atomic E-state index is 0.655. The van der Waals surface area contributed by atoms with Crippen LogP contribution in [0.2, 0.25) is 0 Å². The highest BCUT2D eigenvalue weighted by Gasteiger charge is 2.21. The zero-order valence-electron chi connectivity index (χ0n) is 41.6. The minimum atomic E-state index is 0.655. The molecule has 4 aromatic heterocycles. The number of para-hydroxylation sites is 4. The lowest BCUT2D eigenvalue weighted by Gasteiger charge is -2.12. The van der Waals surface area contributed by atoms with Crippen LogP contribution in [0.25, 0.3) is 155 Å². The lowest BCUT2D eigenvalue weighted by molar-refractivity contribution is 0.669. The Bertz CT molecular complexity index is 5020. The zero-order valence-corrected chi connectivity index (χ0v) is 41.6. The fourth-order valence-electron chi connectivity index (χ4n) is 12.1. The van der Waals surface area contributed by atoms with Gasteiger partial charge in [0.05, 0.1) is 33.3 Å². The number of hydrogen-bond donors (Lipinski definition) is 0. The molecule has 0 bridgehead atoms. The highest BCUT2D eigenvalue weighted by molar-refractivity contribution is 6.16. The number of hydrogen-bond acceptors (Lipinski definition) is 3. The molecule has 0 fully saturated rings. The Kier molecular flexibility index (Phi) is 9.57. The molecule has 5 nitrogen and oxygen atoms in total. The molecular weight excluding hydrogens is 937 g/mol. The second-order valence-corrected chi connectivity index (χ2v) is 20.1. The van der Waals surface area contributed by atoms with Gasteiger partial charge in [-0.1, -0.05) is 176 Å². The normalized spacial score (nSPS) is 11.9. The highest BCUT2D eigenvalue weighted by Crippen LogP contribution is 2.43. The van der Waals surface area contributed by atoms with Crippen molar-refractivity contribution in [2.24, 2.45) is 0 Å². The molecular formula is C72H44N4O. The molecule has 0 atom stereocenters. The Hall–Kier alpha value is -10.4. The van der Waals surface area contributed by atoms with Gasteiger partial charge in [0.1, 0.15) is 11.2 Å². The number of aromatic nitrogens is 4. The van der Waals surface area contributed by atoms with Crippen molar-refractivity contribution in [2.45, 2.75) is 0 Å². The summed E-state index contributed by atoms with van der Waals surface area (Å²) in [6.45, 7) is 0. The summed E-state index contributed by atoms with van der Waals surface area (Å²) < 4.78 is 11.4. The van der Waals surface area contributed by atoms with E-state index in [0.717, 1.165) is 83.2 Å². The van der Waals surface area contributed by atoms with Gasteiger partial charge >= 0.3 is 0 Å². The molecule has 77 heavy (non-hydrogen) atoms. The van der Waals surface area contributed by atoms with E-state index in [1.54, 1.807) is 0 Å². The summed E-state index contributed by atoms with van der Waals surface area (Å²) in [5.74, 6) is 0.655. The molecule has 0 saturated heterocycles. The van der Waals surface area contributed by atoms with Crippen LogP contribution >= 0.6 is 0 Å². The summed E-state index contributed by atoms with van der Waals surface area (Å²) in [5, 5.41) is 10.3. The molecule has 16 aromatic rings. The Balaban J connectivity index is 0.825. The number of rotatable bonds is 7. The second-order valence-electron chi connectivity index (χ2n) is 20.1. The monoisotopic (exact) mass is 980 g/mol. The highest BCUT2D eigenvalue weighted by atomic mass is 16.3. The van der Waals surface area contributed by atoms with Crippen molar-refractivity contribution in [1.29, 1.82) is 0 Å². The van der Waals surface area contributed by atoms with Gasteiger partial charge in [-0.25, -0.2) is 9.97 Å². The molecule has 0 aliphatic heterocycles. The third-order valence-electron chi connectivity index (χ3n) is 15.7. The van der Waals surface area contributed by atoms with Gasteiger partial charge in [0.15, 0.2) is 5.82 Å². The average molecular weight is 981 g/mol. The molecule has 0 aliphatic carbocycles. The standard InChI is InChI=1S/C72H44N4O/c1-3-17-52(18-4-1)75-64-27-12-10-22-56(64)59-41-48(33-37-65(59)75)49-34-38-66-60(42-49)61-43-50(35-39-67(61)76(66)53-19-5-2-6-20-53)51-36-40-68-62(44-51)70-58(25-14-28-69(70)77-68)72-73-63-26-11-9-23-57(63)71(74-72)47-31-29-46(30-32-47)55-24-13-16-45-15-7-8-21-54(45)55/h1-44H. The Morgan fingerprint density at radius 3 is 1.44 bits per heavy atom. The predicted octanol–water partition coefficient (Wildman–Crippen LogP) is 19.2. The molecule has 12 aromatic carbocycles. The average Bonchev–Trinajstić information content (AvgIpc) is 4.36. The van der Waals surface area contributed by atoms with Gasteiger partial charge < -0.3 is 13.6 Å². The third kappa shape index (κ3) is 6.88. The Labute approximate surface area is 442 Å². The van der Waals surface area contributed by atoms with Crippen molar-refractivity contribution in [2.75, 3.05) is 0 Å². The summed E-state index contributed by atoms with van der Waals surface area (Å²) >= 11 is 0. The van der Waals surface area contributed by atoms with Gasteiger partial charge in [0.2, 0.25) is 0 Å². The van der Waals surface area contributed by atoms with Crippen molar-refractivity contribution in [3.63, 3.8) is 0 Å². The lowest BCUT2D eigenvalue weighted by atomic mass is 9.96. The molecule has 0 N–H and O–H groups in total. The van der Waals surface area contributed by atoms with Crippen LogP contribution in [0.3, 0.4) is 0 Å².